The van der Waals surface area contributed by atoms with Crippen molar-refractivity contribution >= 4 is 22.6 Å². The third-order valence-electron chi connectivity index (χ3n) is 3.94. The van der Waals surface area contributed by atoms with E-state index >= 15 is 0 Å². The maximum Gasteiger partial charge on any atom is 0.152 e. The molecule has 0 fully saturated rings. The second-order valence-electron chi connectivity index (χ2n) is 5.24. The molecule has 3 rings (SSSR count). The van der Waals surface area contributed by atoms with Crippen LogP contribution in [0.3, 0.4) is 0 Å². The van der Waals surface area contributed by atoms with E-state index in [-0.39, 0.29) is 6.04 Å². The number of aromatic nitrogens is 2. The van der Waals surface area contributed by atoms with Gasteiger partial charge in [-0.15, -0.1) is 0 Å². The Morgan fingerprint density at radius 1 is 1.33 bits per heavy atom. The molecule has 0 amide bonds. The molecule has 4 nitrogen and oxygen atoms in total. The summed E-state index contributed by atoms with van der Waals surface area (Å²) in [6.07, 6.45) is 0. The normalized spacial score (nSPS) is 13.0. The summed E-state index contributed by atoms with van der Waals surface area (Å²) in [4.78, 5) is 0. The van der Waals surface area contributed by atoms with E-state index < -0.39 is 0 Å². The van der Waals surface area contributed by atoms with Crippen molar-refractivity contribution in [2.45, 2.75) is 19.9 Å². The first-order chi connectivity index (χ1) is 10.0. The summed E-state index contributed by atoms with van der Waals surface area (Å²) in [6, 6.07) is 7.77. The average molecular weight is 304 g/mol. The molecule has 0 aliphatic heterocycles. The minimum absolute atomic E-state index is 0.0397. The molecule has 1 N–H and O–H groups in total. The summed E-state index contributed by atoms with van der Waals surface area (Å²) < 4.78 is 7.89. The Bertz CT molecular complexity index is 803. The van der Waals surface area contributed by atoms with Crippen LogP contribution in [-0.4, -0.2) is 16.8 Å². The van der Waals surface area contributed by atoms with Crippen molar-refractivity contribution in [3.8, 4) is 0 Å². The van der Waals surface area contributed by atoms with Gasteiger partial charge in [0.05, 0.1) is 16.8 Å². The van der Waals surface area contributed by atoms with Crippen LogP contribution < -0.4 is 5.32 Å². The summed E-state index contributed by atoms with van der Waals surface area (Å²) in [7, 11) is 3.87. The smallest absolute Gasteiger partial charge is 0.152 e. The van der Waals surface area contributed by atoms with Crippen molar-refractivity contribution in [1.82, 2.24) is 15.1 Å². The van der Waals surface area contributed by atoms with E-state index in [0.717, 1.165) is 33.7 Å². The molecule has 0 aliphatic rings. The maximum atomic E-state index is 6.20. The van der Waals surface area contributed by atoms with Crippen LogP contribution in [0.25, 0.3) is 11.0 Å². The van der Waals surface area contributed by atoms with Crippen molar-refractivity contribution in [1.29, 1.82) is 0 Å². The maximum absolute atomic E-state index is 6.20. The molecule has 3 aromatic rings. The highest BCUT2D eigenvalue weighted by Crippen LogP contribution is 2.33. The van der Waals surface area contributed by atoms with Gasteiger partial charge in [-0.1, -0.05) is 23.7 Å². The molecule has 110 valence electrons. The predicted octanol–water partition coefficient (Wildman–Crippen LogP) is 3.75. The predicted molar refractivity (Wildman–Crippen MR) is 84.8 cm³/mol. The molecule has 0 spiro atoms. The summed E-state index contributed by atoms with van der Waals surface area (Å²) >= 11 is 6.20. The fourth-order valence-corrected chi connectivity index (χ4v) is 3.05. The van der Waals surface area contributed by atoms with Gasteiger partial charge in [0.2, 0.25) is 0 Å². The van der Waals surface area contributed by atoms with Gasteiger partial charge in [-0.3, -0.25) is 4.68 Å². The zero-order chi connectivity index (χ0) is 15.1. The van der Waals surface area contributed by atoms with E-state index in [2.05, 4.69) is 17.3 Å². The Balaban J connectivity index is 2.16. The van der Waals surface area contributed by atoms with Gasteiger partial charge in [0.25, 0.3) is 0 Å². The number of fused-ring (bicyclic) bond motifs is 1. The number of furan rings is 1. The number of aryl methyl sites for hydroxylation is 2. The van der Waals surface area contributed by atoms with Gasteiger partial charge in [-0.05, 0) is 33.0 Å². The van der Waals surface area contributed by atoms with Crippen molar-refractivity contribution in [2.75, 3.05) is 7.05 Å². The van der Waals surface area contributed by atoms with Gasteiger partial charge < -0.3 is 9.73 Å². The number of hydrogen-bond donors (Lipinski definition) is 1. The summed E-state index contributed by atoms with van der Waals surface area (Å²) in [5.41, 5.74) is 4.00. The van der Waals surface area contributed by atoms with Crippen LogP contribution in [0.1, 0.15) is 28.8 Å². The third kappa shape index (κ3) is 2.24. The number of nitrogens with one attached hydrogen (secondary N) is 1. The highest BCUT2D eigenvalue weighted by Gasteiger charge is 2.24. The standard InChI is InChI=1S/C16H18ClN3O/c1-9-14(10(2)20(4)19-9)15(18-3)13-8-11-6-5-7-12(17)16(11)21-13/h5-8,15,18H,1-4H3. The lowest BCUT2D eigenvalue weighted by Crippen LogP contribution is -2.18. The van der Waals surface area contributed by atoms with E-state index in [1.165, 1.54) is 0 Å². The minimum Gasteiger partial charge on any atom is -0.457 e. The highest BCUT2D eigenvalue weighted by atomic mass is 35.5. The summed E-state index contributed by atoms with van der Waals surface area (Å²) in [5.74, 6) is 0.847. The number of benzene rings is 1. The molecule has 2 heterocycles. The van der Waals surface area contributed by atoms with Crippen molar-refractivity contribution in [2.24, 2.45) is 7.05 Å². The highest BCUT2D eigenvalue weighted by molar-refractivity contribution is 6.34. The summed E-state index contributed by atoms with van der Waals surface area (Å²) in [6.45, 7) is 4.08. The van der Waals surface area contributed by atoms with E-state index in [9.17, 15) is 0 Å². The van der Waals surface area contributed by atoms with Crippen molar-refractivity contribution < 1.29 is 4.42 Å². The van der Waals surface area contributed by atoms with Gasteiger partial charge in [0, 0.05) is 23.7 Å². The molecule has 1 atom stereocenters. The van der Waals surface area contributed by atoms with Crippen LogP contribution in [0.15, 0.2) is 28.7 Å². The second kappa shape index (κ2) is 5.20. The number of hydrogen-bond acceptors (Lipinski definition) is 3. The lowest BCUT2D eigenvalue weighted by molar-refractivity contribution is 0.489. The van der Waals surface area contributed by atoms with Crippen molar-refractivity contribution in [3.63, 3.8) is 0 Å². The van der Waals surface area contributed by atoms with Gasteiger partial charge >= 0.3 is 0 Å². The van der Waals surface area contributed by atoms with Gasteiger partial charge in [0.1, 0.15) is 5.76 Å². The Morgan fingerprint density at radius 3 is 2.67 bits per heavy atom. The molecule has 0 saturated heterocycles. The number of halogens is 1. The van der Waals surface area contributed by atoms with Crippen LogP contribution in [0.4, 0.5) is 0 Å². The first kappa shape index (κ1) is 14.2. The van der Waals surface area contributed by atoms with Crippen LogP contribution in [-0.2, 0) is 7.05 Å². The van der Waals surface area contributed by atoms with E-state index in [1.807, 2.05) is 50.0 Å². The summed E-state index contributed by atoms with van der Waals surface area (Å²) in [5, 5.41) is 9.45. The molecule has 5 heteroatoms. The average Bonchev–Trinajstić information content (AvgIpc) is 2.97. The van der Waals surface area contributed by atoms with Crippen LogP contribution in [0, 0.1) is 13.8 Å². The first-order valence-corrected chi connectivity index (χ1v) is 7.26. The minimum atomic E-state index is -0.0397. The van der Waals surface area contributed by atoms with E-state index in [1.54, 1.807) is 0 Å². The lowest BCUT2D eigenvalue weighted by Gasteiger charge is -2.14. The number of rotatable bonds is 3. The van der Waals surface area contributed by atoms with Crippen LogP contribution >= 0.6 is 11.6 Å². The molecular weight excluding hydrogens is 286 g/mol. The molecule has 0 saturated carbocycles. The van der Waals surface area contributed by atoms with Crippen molar-refractivity contribution in [3.05, 3.63) is 52.0 Å². The molecule has 0 aliphatic carbocycles. The zero-order valence-electron chi connectivity index (χ0n) is 12.6. The Labute approximate surface area is 128 Å². The van der Waals surface area contributed by atoms with E-state index in [4.69, 9.17) is 16.0 Å². The van der Waals surface area contributed by atoms with E-state index in [0.29, 0.717) is 5.02 Å². The Kier molecular flexibility index (Phi) is 3.51. The molecule has 1 unspecified atom stereocenters. The molecule has 21 heavy (non-hydrogen) atoms. The monoisotopic (exact) mass is 303 g/mol. The SMILES string of the molecule is CNC(c1cc2cccc(Cl)c2o1)c1c(C)nn(C)c1C. The van der Waals surface area contributed by atoms with Crippen LogP contribution in [0.2, 0.25) is 5.02 Å². The molecule has 0 radical (unpaired) electrons. The second-order valence-corrected chi connectivity index (χ2v) is 5.64. The quantitative estimate of drug-likeness (QED) is 0.801. The first-order valence-electron chi connectivity index (χ1n) is 6.88. The number of para-hydroxylation sites is 1. The third-order valence-corrected chi connectivity index (χ3v) is 4.24. The molecule has 0 bridgehead atoms. The zero-order valence-corrected chi connectivity index (χ0v) is 13.3. The number of nitrogens with zero attached hydrogens (tertiary/aromatic N) is 2. The van der Waals surface area contributed by atoms with Gasteiger partial charge in [0.15, 0.2) is 5.58 Å². The Morgan fingerprint density at radius 2 is 2.10 bits per heavy atom. The molecule has 1 aromatic carbocycles. The van der Waals surface area contributed by atoms with Gasteiger partial charge in [-0.2, -0.15) is 5.10 Å². The topological polar surface area (TPSA) is 43.0 Å². The van der Waals surface area contributed by atoms with Crippen LogP contribution in [0.5, 0.6) is 0 Å². The lowest BCUT2D eigenvalue weighted by atomic mass is 10.0. The largest absolute Gasteiger partial charge is 0.457 e. The molecule has 2 aromatic heterocycles. The fourth-order valence-electron chi connectivity index (χ4n) is 2.83. The van der Waals surface area contributed by atoms with Gasteiger partial charge in [-0.25, -0.2) is 0 Å². The molecular formula is C16H18ClN3O. The Hall–Kier alpha value is -1.78. The fraction of sp³-hybridized carbons (Fsp3) is 0.312.